The molecule has 0 fully saturated rings. The van der Waals surface area contributed by atoms with Crippen molar-refractivity contribution in [3.8, 4) is 11.5 Å². The van der Waals surface area contributed by atoms with Gasteiger partial charge in [-0.3, -0.25) is 20.2 Å². The van der Waals surface area contributed by atoms with Gasteiger partial charge >= 0.3 is 0 Å². The number of carbonyl (C=O) groups excluding carboxylic acids is 1. The fourth-order valence-corrected chi connectivity index (χ4v) is 2.91. The Hall–Kier alpha value is -3.45. The minimum absolute atomic E-state index is 0.257. The molecule has 6 nitrogen and oxygen atoms in total. The normalized spacial score (nSPS) is 11.2. The molecule has 0 aliphatic heterocycles. The van der Waals surface area contributed by atoms with E-state index in [0.29, 0.717) is 36.0 Å². The van der Waals surface area contributed by atoms with Crippen molar-refractivity contribution < 1.29 is 13.9 Å². The first kappa shape index (κ1) is 23.8. The second-order valence-corrected chi connectivity index (χ2v) is 6.66. The maximum atomic E-state index is 15.0. The van der Waals surface area contributed by atoms with Gasteiger partial charge in [-0.1, -0.05) is 38.3 Å². The molecule has 0 unspecified atom stereocenters. The van der Waals surface area contributed by atoms with Gasteiger partial charge in [-0.05, 0) is 43.7 Å². The number of hydrogen-bond donors (Lipinski definition) is 1. The number of hydrazine groups is 2. The van der Waals surface area contributed by atoms with Gasteiger partial charge in [0.2, 0.25) is 0 Å². The lowest BCUT2D eigenvalue weighted by Gasteiger charge is -2.32. The largest absolute Gasteiger partial charge is 0.457 e. The first-order valence-corrected chi connectivity index (χ1v) is 10.1. The summed E-state index contributed by atoms with van der Waals surface area (Å²) in [5, 5.41) is 2.99. The predicted octanol–water partition coefficient (Wildman–Crippen LogP) is 4.72. The molecule has 0 heterocycles. The van der Waals surface area contributed by atoms with E-state index in [1.54, 1.807) is 31.3 Å². The van der Waals surface area contributed by atoms with E-state index in [2.05, 4.69) is 23.6 Å². The molecule has 0 atom stereocenters. The Labute approximate surface area is 183 Å². The number of amides is 1. The SMILES string of the molecule is C=CC(=O)N(CCC)N(C)NC(=C)C(=NCC)c1ccc(Oc2ccccc2)cc1F. The summed E-state index contributed by atoms with van der Waals surface area (Å²) in [5.41, 5.74) is 4.02. The van der Waals surface area contributed by atoms with Crippen LogP contribution in [-0.4, -0.2) is 41.9 Å². The Morgan fingerprint density at radius 3 is 2.48 bits per heavy atom. The van der Waals surface area contributed by atoms with Crippen molar-refractivity contribution in [2.45, 2.75) is 20.3 Å². The van der Waals surface area contributed by atoms with Gasteiger partial charge in [-0.25, -0.2) is 4.39 Å². The molecule has 0 saturated heterocycles. The lowest BCUT2D eigenvalue weighted by atomic mass is 10.1. The zero-order valence-corrected chi connectivity index (χ0v) is 18.3. The molecule has 7 heteroatoms. The maximum absolute atomic E-state index is 15.0. The third-order valence-electron chi connectivity index (χ3n) is 4.30. The van der Waals surface area contributed by atoms with Crippen molar-refractivity contribution in [1.29, 1.82) is 0 Å². The molecule has 31 heavy (non-hydrogen) atoms. The second kappa shape index (κ2) is 11.7. The molecule has 0 aliphatic carbocycles. The third kappa shape index (κ3) is 6.52. The number of rotatable bonds is 11. The van der Waals surface area contributed by atoms with Gasteiger partial charge in [0.15, 0.2) is 0 Å². The molecular formula is C24H29FN4O2. The summed E-state index contributed by atoms with van der Waals surface area (Å²) in [7, 11) is 1.68. The van der Waals surface area contributed by atoms with E-state index in [1.165, 1.54) is 22.3 Å². The first-order valence-electron chi connectivity index (χ1n) is 10.1. The molecule has 0 radical (unpaired) electrons. The molecule has 0 spiro atoms. The molecule has 0 aromatic heterocycles. The number of ether oxygens (including phenoxy) is 1. The van der Waals surface area contributed by atoms with Crippen molar-refractivity contribution in [3.05, 3.63) is 84.8 Å². The zero-order chi connectivity index (χ0) is 22.8. The van der Waals surface area contributed by atoms with Crippen molar-refractivity contribution in [1.82, 2.24) is 15.6 Å². The minimum Gasteiger partial charge on any atom is -0.457 e. The predicted molar refractivity (Wildman–Crippen MR) is 122 cm³/mol. The van der Waals surface area contributed by atoms with Gasteiger partial charge in [-0.15, -0.1) is 5.12 Å². The van der Waals surface area contributed by atoms with Crippen LogP contribution in [-0.2, 0) is 4.79 Å². The van der Waals surface area contributed by atoms with Crippen LogP contribution in [0.15, 0.2) is 78.5 Å². The van der Waals surface area contributed by atoms with Gasteiger partial charge in [0, 0.05) is 31.8 Å². The monoisotopic (exact) mass is 424 g/mol. The van der Waals surface area contributed by atoms with Gasteiger partial charge < -0.3 is 4.74 Å². The number of halogens is 1. The standard InChI is InChI=1S/C24H29FN4O2/c1-6-16-29(23(30)7-2)28(5)27-18(4)24(26-8-3)21-15-14-20(17-22(21)25)31-19-12-10-9-11-13-19/h7,9-15,17,27H,2,4,6,8,16H2,1,3,5H3. The molecule has 0 aliphatic rings. The van der Waals surface area contributed by atoms with E-state index in [9.17, 15) is 9.18 Å². The molecule has 1 amide bonds. The van der Waals surface area contributed by atoms with Crippen LogP contribution in [0.3, 0.4) is 0 Å². The van der Waals surface area contributed by atoms with Gasteiger partial charge in [0.05, 0.1) is 11.4 Å². The van der Waals surface area contributed by atoms with Crippen molar-refractivity contribution >= 4 is 11.6 Å². The highest BCUT2D eigenvalue weighted by atomic mass is 19.1. The number of benzene rings is 2. The first-order chi connectivity index (χ1) is 14.9. The Balaban J connectivity index is 2.22. The number of hydrogen-bond acceptors (Lipinski definition) is 5. The number of allylic oxidation sites excluding steroid dienone is 1. The molecule has 164 valence electrons. The molecule has 2 aromatic rings. The van der Waals surface area contributed by atoms with Crippen LogP contribution in [0.1, 0.15) is 25.8 Å². The highest BCUT2D eigenvalue weighted by molar-refractivity contribution is 6.12. The number of aliphatic imine (C=N–C) groups is 1. The van der Waals surface area contributed by atoms with E-state index in [4.69, 9.17) is 4.74 Å². The van der Waals surface area contributed by atoms with Gasteiger partial charge in [0.25, 0.3) is 5.91 Å². The van der Waals surface area contributed by atoms with Crippen LogP contribution in [0.2, 0.25) is 0 Å². The Bertz CT molecular complexity index is 944. The lowest BCUT2D eigenvalue weighted by Crippen LogP contribution is -2.51. The van der Waals surface area contributed by atoms with E-state index < -0.39 is 5.82 Å². The van der Waals surface area contributed by atoms with E-state index >= 15 is 0 Å². The molecule has 0 bridgehead atoms. The summed E-state index contributed by atoms with van der Waals surface area (Å²) in [5.74, 6) is 0.253. The highest BCUT2D eigenvalue weighted by Gasteiger charge is 2.19. The zero-order valence-electron chi connectivity index (χ0n) is 18.3. The van der Waals surface area contributed by atoms with E-state index in [1.807, 2.05) is 32.0 Å². The summed E-state index contributed by atoms with van der Waals surface area (Å²) < 4.78 is 20.7. The van der Waals surface area contributed by atoms with Crippen LogP contribution in [0.25, 0.3) is 0 Å². The average Bonchev–Trinajstić information content (AvgIpc) is 2.76. The van der Waals surface area contributed by atoms with Crippen molar-refractivity contribution in [3.63, 3.8) is 0 Å². The summed E-state index contributed by atoms with van der Waals surface area (Å²) >= 11 is 0. The number of para-hydroxylation sites is 1. The quantitative estimate of drug-likeness (QED) is 0.322. The summed E-state index contributed by atoms with van der Waals surface area (Å²) in [6, 6.07) is 13.8. The summed E-state index contributed by atoms with van der Waals surface area (Å²) in [6.45, 7) is 12.3. The average molecular weight is 425 g/mol. The van der Waals surface area contributed by atoms with Crippen LogP contribution in [0, 0.1) is 5.82 Å². The smallest absolute Gasteiger partial charge is 0.261 e. The highest BCUT2D eigenvalue weighted by Crippen LogP contribution is 2.24. The van der Waals surface area contributed by atoms with E-state index in [0.717, 1.165) is 6.42 Å². The Morgan fingerprint density at radius 2 is 1.90 bits per heavy atom. The molecule has 2 rings (SSSR count). The summed E-state index contributed by atoms with van der Waals surface area (Å²) in [6.07, 6.45) is 1.99. The number of carbonyl (C=O) groups is 1. The molecule has 0 saturated carbocycles. The Kier molecular flexibility index (Phi) is 8.96. The third-order valence-corrected chi connectivity index (χ3v) is 4.30. The van der Waals surface area contributed by atoms with Crippen LogP contribution < -0.4 is 10.2 Å². The molecule has 2 aromatic carbocycles. The molecular weight excluding hydrogens is 395 g/mol. The number of nitrogens with one attached hydrogen (secondary N) is 1. The van der Waals surface area contributed by atoms with Crippen LogP contribution >= 0.6 is 0 Å². The maximum Gasteiger partial charge on any atom is 0.261 e. The van der Waals surface area contributed by atoms with Gasteiger partial charge in [0.1, 0.15) is 17.3 Å². The fraction of sp³-hybridized carbons (Fsp3) is 0.250. The van der Waals surface area contributed by atoms with Gasteiger partial charge in [-0.2, -0.15) is 0 Å². The fourth-order valence-electron chi connectivity index (χ4n) is 2.91. The van der Waals surface area contributed by atoms with E-state index in [-0.39, 0.29) is 11.5 Å². The Morgan fingerprint density at radius 1 is 1.19 bits per heavy atom. The minimum atomic E-state index is -0.487. The van der Waals surface area contributed by atoms with Crippen molar-refractivity contribution in [2.24, 2.45) is 4.99 Å². The van der Waals surface area contributed by atoms with Crippen molar-refractivity contribution in [2.75, 3.05) is 20.1 Å². The van der Waals surface area contributed by atoms with Crippen LogP contribution in [0.4, 0.5) is 4.39 Å². The topological polar surface area (TPSA) is 57.2 Å². The van der Waals surface area contributed by atoms with Crippen LogP contribution in [0.5, 0.6) is 11.5 Å². The second-order valence-electron chi connectivity index (χ2n) is 6.66. The number of nitrogens with zero attached hydrogens (tertiary/aromatic N) is 3. The summed E-state index contributed by atoms with van der Waals surface area (Å²) in [4.78, 5) is 16.5. The lowest BCUT2D eigenvalue weighted by molar-refractivity contribution is -0.145. The molecule has 1 N–H and O–H groups in total.